The standard InChI is InChI=1S/C14H19NO/c1-10-5-6-12-11(2)8-14(3,4)15(9-16)13(12)7-10/h5-7,9,11H,8H2,1-4H3. The van der Waals surface area contributed by atoms with Crippen LogP contribution >= 0.6 is 0 Å². The van der Waals surface area contributed by atoms with Gasteiger partial charge in [-0.15, -0.1) is 0 Å². The van der Waals surface area contributed by atoms with Gasteiger partial charge in [-0.1, -0.05) is 19.1 Å². The minimum atomic E-state index is -0.0814. The van der Waals surface area contributed by atoms with E-state index in [4.69, 9.17) is 0 Å². The maximum Gasteiger partial charge on any atom is 0.214 e. The number of nitrogens with zero attached hydrogens (tertiary/aromatic N) is 1. The van der Waals surface area contributed by atoms with E-state index in [0.29, 0.717) is 5.92 Å². The summed E-state index contributed by atoms with van der Waals surface area (Å²) in [6.07, 6.45) is 1.98. The number of anilines is 1. The molecule has 1 aromatic rings. The summed E-state index contributed by atoms with van der Waals surface area (Å²) in [7, 11) is 0. The Morgan fingerprint density at radius 3 is 2.75 bits per heavy atom. The van der Waals surface area contributed by atoms with E-state index in [0.717, 1.165) is 18.5 Å². The lowest BCUT2D eigenvalue weighted by Crippen LogP contribution is -2.47. The summed E-state index contributed by atoms with van der Waals surface area (Å²) in [5, 5.41) is 0. The molecule has 0 aromatic heterocycles. The summed E-state index contributed by atoms with van der Waals surface area (Å²) in [5.74, 6) is 0.516. The SMILES string of the molecule is Cc1ccc2c(c1)N(C=O)C(C)(C)CC2C. The Bertz CT molecular complexity index is 423. The lowest BCUT2D eigenvalue weighted by atomic mass is 9.80. The molecule has 0 N–H and O–H groups in total. The molecule has 1 aliphatic heterocycles. The monoisotopic (exact) mass is 217 g/mol. The van der Waals surface area contributed by atoms with Gasteiger partial charge in [0.1, 0.15) is 0 Å². The summed E-state index contributed by atoms with van der Waals surface area (Å²) in [5.41, 5.74) is 3.49. The molecule has 1 atom stereocenters. The Hall–Kier alpha value is -1.31. The highest BCUT2D eigenvalue weighted by Gasteiger charge is 2.36. The van der Waals surface area contributed by atoms with Crippen molar-refractivity contribution in [1.82, 2.24) is 0 Å². The zero-order valence-corrected chi connectivity index (χ0v) is 10.4. The van der Waals surface area contributed by atoms with Crippen molar-refractivity contribution < 1.29 is 4.79 Å². The van der Waals surface area contributed by atoms with Gasteiger partial charge < -0.3 is 4.90 Å². The third-order valence-corrected chi connectivity index (χ3v) is 3.54. The number of rotatable bonds is 1. The maximum atomic E-state index is 11.3. The lowest BCUT2D eigenvalue weighted by Gasteiger charge is -2.44. The van der Waals surface area contributed by atoms with Crippen LogP contribution in [0.3, 0.4) is 0 Å². The van der Waals surface area contributed by atoms with Gasteiger partial charge >= 0.3 is 0 Å². The van der Waals surface area contributed by atoms with Crippen LogP contribution < -0.4 is 4.90 Å². The molecule has 2 nitrogen and oxygen atoms in total. The van der Waals surface area contributed by atoms with Gasteiger partial charge in [0, 0.05) is 11.2 Å². The zero-order chi connectivity index (χ0) is 11.9. The summed E-state index contributed by atoms with van der Waals surface area (Å²) in [4.78, 5) is 13.2. The molecule has 1 heterocycles. The normalized spacial score (nSPS) is 22.8. The van der Waals surface area contributed by atoms with Crippen LogP contribution in [-0.4, -0.2) is 11.9 Å². The first-order valence-corrected chi connectivity index (χ1v) is 5.81. The number of carbonyl (C=O) groups is 1. The second-order valence-corrected chi connectivity index (χ2v) is 5.46. The molecule has 0 fully saturated rings. The number of aryl methyl sites for hydroxylation is 1. The van der Waals surface area contributed by atoms with Gasteiger partial charge in [-0.3, -0.25) is 4.79 Å². The van der Waals surface area contributed by atoms with E-state index in [9.17, 15) is 4.79 Å². The van der Waals surface area contributed by atoms with Gasteiger partial charge in [0.15, 0.2) is 0 Å². The van der Waals surface area contributed by atoms with E-state index in [1.165, 1.54) is 11.1 Å². The van der Waals surface area contributed by atoms with E-state index in [1.807, 2.05) is 4.90 Å². The van der Waals surface area contributed by atoms with Crippen molar-refractivity contribution in [3.63, 3.8) is 0 Å². The van der Waals surface area contributed by atoms with Crippen LogP contribution in [0.25, 0.3) is 0 Å². The number of hydrogen-bond acceptors (Lipinski definition) is 1. The van der Waals surface area contributed by atoms with Gasteiger partial charge in [0.25, 0.3) is 0 Å². The molecule has 16 heavy (non-hydrogen) atoms. The molecule has 0 saturated carbocycles. The van der Waals surface area contributed by atoms with E-state index in [1.54, 1.807) is 0 Å². The molecule has 0 saturated heterocycles. The van der Waals surface area contributed by atoms with Gasteiger partial charge in [-0.05, 0) is 50.3 Å². The molecule has 0 bridgehead atoms. The van der Waals surface area contributed by atoms with Crippen molar-refractivity contribution in [3.05, 3.63) is 29.3 Å². The molecule has 1 amide bonds. The molecule has 0 aliphatic carbocycles. The largest absolute Gasteiger partial charge is 0.309 e. The third kappa shape index (κ3) is 1.62. The second-order valence-electron chi connectivity index (χ2n) is 5.46. The third-order valence-electron chi connectivity index (χ3n) is 3.54. The second kappa shape index (κ2) is 3.62. The van der Waals surface area contributed by atoms with Crippen LogP contribution in [-0.2, 0) is 4.79 Å². The Morgan fingerprint density at radius 1 is 1.44 bits per heavy atom. The molecular formula is C14H19NO. The van der Waals surface area contributed by atoms with Crippen LogP contribution in [0.5, 0.6) is 0 Å². The fourth-order valence-corrected chi connectivity index (χ4v) is 2.76. The number of amides is 1. The summed E-state index contributed by atoms with van der Waals surface area (Å²) in [6, 6.07) is 6.39. The highest BCUT2D eigenvalue weighted by Crippen LogP contribution is 2.42. The average Bonchev–Trinajstić information content (AvgIpc) is 2.16. The first-order chi connectivity index (χ1) is 7.45. The van der Waals surface area contributed by atoms with Crippen LogP contribution in [0.1, 0.15) is 44.2 Å². The molecule has 1 aromatic carbocycles. The number of fused-ring (bicyclic) bond motifs is 1. The molecule has 2 rings (SSSR count). The van der Waals surface area contributed by atoms with Gasteiger partial charge in [0.2, 0.25) is 6.41 Å². The predicted octanol–water partition coefficient (Wildman–Crippen LogP) is 3.24. The highest BCUT2D eigenvalue weighted by molar-refractivity contribution is 5.81. The number of carbonyl (C=O) groups excluding carboxylic acids is 1. The van der Waals surface area contributed by atoms with Gasteiger partial charge in [-0.25, -0.2) is 0 Å². The Kier molecular flexibility index (Phi) is 2.53. The van der Waals surface area contributed by atoms with E-state index in [-0.39, 0.29) is 5.54 Å². The van der Waals surface area contributed by atoms with E-state index < -0.39 is 0 Å². The molecular weight excluding hydrogens is 198 g/mol. The topological polar surface area (TPSA) is 20.3 Å². The lowest BCUT2D eigenvalue weighted by molar-refractivity contribution is -0.108. The van der Waals surface area contributed by atoms with Crippen molar-refractivity contribution in [3.8, 4) is 0 Å². The van der Waals surface area contributed by atoms with Gasteiger partial charge in [-0.2, -0.15) is 0 Å². The molecule has 1 aliphatic rings. The smallest absolute Gasteiger partial charge is 0.214 e. The molecule has 1 unspecified atom stereocenters. The van der Waals surface area contributed by atoms with Crippen molar-refractivity contribution >= 4 is 12.1 Å². The zero-order valence-electron chi connectivity index (χ0n) is 10.4. The summed E-state index contributed by atoms with van der Waals surface area (Å²) < 4.78 is 0. The first kappa shape index (κ1) is 11.2. The van der Waals surface area contributed by atoms with Crippen LogP contribution in [0.2, 0.25) is 0 Å². The van der Waals surface area contributed by atoms with Crippen LogP contribution in [0, 0.1) is 6.92 Å². The van der Waals surface area contributed by atoms with E-state index >= 15 is 0 Å². The van der Waals surface area contributed by atoms with Crippen LogP contribution in [0.4, 0.5) is 5.69 Å². The predicted molar refractivity (Wildman–Crippen MR) is 66.8 cm³/mol. The average molecular weight is 217 g/mol. The molecule has 2 heteroatoms. The fraction of sp³-hybridized carbons (Fsp3) is 0.500. The van der Waals surface area contributed by atoms with Gasteiger partial charge in [0.05, 0.1) is 0 Å². The maximum absolute atomic E-state index is 11.3. The first-order valence-electron chi connectivity index (χ1n) is 5.81. The minimum absolute atomic E-state index is 0.0814. The van der Waals surface area contributed by atoms with Crippen molar-refractivity contribution in [2.24, 2.45) is 0 Å². The summed E-state index contributed by atoms with van der Waals surface area (Å²) in [6.45, 7) is 8.56. The van der Waals surface area contributed by atoms with Crippen molar-refractivity contribution in [1.29, 1.82) is 0 Å². The van der Waals surface area contributed by atoms with E-state index in [2.05, 4.69) is 45.9 Å². The molecule has 0 radical (unpaired) electrons. The summed E-state index contributed by atoms with van der Waals surface area (Å²) >= 11 is 0. The number of hydrogen-bond donors (Lipinski definition) is 0. The Morgan fingerprint density at radius 2 is 2.12 bits per heavy atom. The number of benzene rings is 1. The minimum Gasteiger partial charge on any atom is -0.309 e. The van der Waals surface area contributed by atoms with Crippen molar-refractivity contribution in [2.75, 3.05) is 4.90 Å². The highest BCUT2D eigenvalue weighted by atomic mass is 16.1. The molecule has 0 spiro atoms. The quantitative estimate of drug-likeness (QED) is 0.661. The Labute approximate surface area is 97.3 Å². The molecule has 86 valence electrons. The van der Waals surface area contributed by atoms with Crippen LogP contribution in [0.15, 0.2) is 18.2 Å². The Balaban J connectivity index is 2.60. The van der Waals surface area contributed by atoms with Crippen molar-refractivity contribution in [2.45, 2.75) is 45.6 Å². The fourth-order valence-electron chi connectivity index (χ4n) is 2.76.